The lowest BCUT2D eigenvalue weighted by molar-refractivity contribution is -0.133. The summed E-state index contributed by atoms with van der Waals surface area (Å²) in [5.41, 5.74) is 4.26. The summed E-state index contributed by atoms with van der Waals surface area (Å²) in [4.78, 5) is 27.7. The molecule has 1 fully saturated rings. The van der Waals surface area contributed by atoms with Crippen molar-refractivity contribution < 1.29 is 19.4 Å². The van der Waals surface area contributed by atoms with Crippen molar-refractivity contribution in [2.75, 3.05) is 25.2 Å². The number of ether oxygens (including phenoxy) is 1. The lowest BCUT2D eigenvalue weighted by Crippen LogP contribution is -2.34. The maximum Gasteiger partial charge on any atom is 0.352 e. The zero-order chi connectivity index (χ0) is 29.2. The topological polar surface area (TPSA) is 78.9 Å². The summed E-state index contributed by atoms with van der Waals surface area (Å²) in [7, 11) is 0. The molecule has 2 N–H and O–H groups in total. The van der Waals surface area contributed by atoms with Gasteiger partial charge in [-0.3, -0.25) is 9.69 Å². The second-order valence-corrected chi connectivity index (χ2v) is 11.5. The average Bonchev–Trinajstić information content (AvgIpc) is 3.35. The van der Waals surface area contributed by atoms with Gasteiger partial charge in [-0.1, -0.05) is 61.9 Å². The highest BCUT2D eigenvalue weighted by atomic mass is 32.2. The van der Waals surface area contributed by atoms with Gasteiger partial charge in [0.1, 0.15) is 18.1 Å². The van der Waals surface area contributed by atoms with Crippen LogP contribution in [0.15, 0.2) is 84.6 Å². The second kappa shape index (κ2) is 14.9. The molecule has 0 bridgehead atoms. The van der Waals surface area contributed by atoms with Gasteiger partial charge in [-0.05, 0) is 84.5 Å². The molecule has 216 valence electrons. The molecule has 3 aromatic rings. The molecule has 1 saturated heterocycles. The number of aliphatic carboxylic acids is 1. The fraction of sp³-hybridized carbons (Fsp3) is 0.353. The van der Waals surface area contributed by atoms with Gasteiger partial charge in [0.25, 0.3) is 5.91 Å². The van der Waals surface area contributed by atoms with Gasteiger partial charge in [-0.2, -0.15) is 11.8 Å². The highest BCUT2D eigenvalue weighted by molar-refractivity contribution is 7.98. The van der Waals surface area contributed by atoms with Crippen molar-refractivity contribution in [2.24, 2.45) is 5.92 Å². The molecule has 0 unspecified atom stereocenters. The molecule has 1 amide bonds. The number of nitrogens with zero attached hydrogens (tertiary/aromatic N) is 1. The Labute approximate surface area is 247 Å². The first-order valence-electron chi connectivity index (χ1n) is 14.2. The van der Waals surface area contributed by atoms with Crippen molar-refractivity contribution in [3.63, 3.8) is 0 Å². The molecule has 1 aliphatic rings. The zero-order valence-electron chi connectivity index (χ0n) is 24.1. The normalized spacial score (nSPS) is 17.4. The third-order valence-corrected chi connectivity index (χ3v) is 8.08. The van der Waals surface area contributed by atoms with Crippen LogP contribution >= 0.6 is 11.8 Å². The molecule has 7 heteroatoms. The number of benzene rings is 3. The Morgan fingerprint density at radius 1 is 1.07 bits per heavy atom. The molecular weight excluding hydrogens is 532 g/mol. The molecule has 4 rings (SSSR count). The van der Waals surface area contributed by atoms with E-state index < -0.39 is 11.9 Å². The number of carboxylic acids is 1. The van der Waals surface area contributed by atoms with Crippen LogP contribution in [0.5, 0.6) is 5.75 Å². The van der Waals surface area contributed by atoms with E-state index in [-0.39, 0.29) is 5.70 Å². The van der Waals surface area contributed by atoms with Gasteiger partial charge in [-0.15, -0.1) is 0 Å². The van der Waals surface area contributed by atoms with E-state index >= 15 is 0 Å². The SMILES string of the molecule is CCC[C@@H]1C[C@@H](COc2ccccc2)N(Cc2ccc(C(=O)N/C(=C/CSC)C(=O)O)c(-c3ccccc3C)c2)C1. The number of likely N-dealkylation sites (tertiary alicyclic amines) is 1. The summed E-state index contributed by atoms with van der Waals surface area (Å²) in [5.74, 6) is 0.433. The number of carbonyl (C=O) groups is 2. The Morgan fingerprint density at radius 3 is 2.54 bits per heavy atom. The minimum atomic E-state index is -1.15. The van der Waals surface area contributed by atoms with E-state index in [1.807, 2.05) is 79.9 Å². The van der Waals surface area contributed by atoms with E-state index in [0.717, 1.165) is 53.9 Å². The van der Waals surface area contributed by atoms with E-state index in [9.17, 15) is 14.7 Å². The highest BCUT2D eigenvalue weighted by Crippen LogP contribution is 2.32. The predicted molar refractivity (Wildman–Crippen MR) is 167 cm³/mol. The molecule has 6 nitrogen and oxygen atoms in total. The predicted octanol–water partition coefficient (Wildman–Crippen LogP) is 6.79. The average molecular weight is 573 g/mol. The van der Waals surface area contributed by atoms with E-state index in [4.69, 9.17) is 4.74 Å². The minimum Gasteiger partial charge on any atom is -0.492 e. The molecule has 2 atom stereocenters. The Balaban J connectivity index is 1.61. The molecular formula is C34H40N2O4S. The molecule has 0 radical (unpaired) electrons. The van der Waals surface area contributed by atoms with Crippen LogP contribution < -0.4 is 10.1 Å². The van der Waals surface area contributed by atoms with Crippen LogP contribution in [0.2, 0.25) is 0 Å². The number of thioether (sulfide) groups is 1. The Bertz CT molecular complexity index is 1360. The van der Waals surface area contributed by atoms with Crippen molar-refractivity contribution in [3.05, 3.63) is 101 Å². The maximum atomic E-state index is 13.4. The van der Waals surface area contributed by atoms with Crippen LogP contribution in [0.25, 0.3) is 11.1 Å². The van der Waals surface area contributed by atoms with Gasteiger partial charge in [0.2, 0.25) is 0 Å². The minimum absolute atomic E-state index is 0.107. The van der Waals surface area contributed by atoms with E-state index in [0.29, 0.717) is 29.9 Å². The number of hydrogen-bond donors (Lipinski definition) is 2. The van der Waals surface area contributed by atoms with Crippen LogP contribution in [0.1, 0.15) is 47.7 Å². The smallest absolute Gasteiger partial charge is 0.352 e. The monoisotopic (exact) mass is 572 g/mol. The molecule has 1 heterocycles. The number of nitrogens with one attached hydrogen (secondary N) is 1. The van der Waals surface area contributed by atoms with Gasteiger partial charge in [0, 0.05) is 30.4 Å². The number of aryl methyl sites for hydroxylation is 1. The largest absolute Gasteiger partial charge is 0.492 e. The fourth-order valence-electron chi connectivity index (χ4n) is 5.55. The maximum absolute atomic E-state index is 13.4. The number of rotatable bonds is 13. The summed E-state index contributed by atoms with van der Waals surface area (Å²) in [6.45, 7) is 6.66. The third kappa shape index (κ3) is 8.24. The van der Waals surface area contributed by atoms with Crippen LogP contribution in [0, 0.1) is 12.8 Å². The second-order valence-electron chi connectivity index (χ2n) is 10.6. The van der Waals surface area contributed by atoms with Crippen molar-refractivity contribution >= 4 is 23.6 Å². The summed E-state index contributed by atoms with van der Waals surface area (Å²) >= 11 is 1.49. The van der Waals surface area contributed by atoms with Gasteiger partial charge in [0.05, 0.1) is 0 Å². The van der Waals surface area contributed by atoms with Crippen molar-refractivity contribution in [3.8, 4) is 16.9 Å². The summed E-state index contributed by atoms with van der Waals surface area (Å²) in [5, 5.41) is 12.3. The van der Waals surface area contributed by atoms with Gasteiger partial charge in [-0.25, -0.2) is 4.79 Å². The van der Waals surface area contributed by atoms with Crippen LogP contribution in [-0.2, 0) is 11.3 Å². The molecule has 0 aliphatic carbocycles. The first kappa shape index (κ1) is 30.4. The quantitative estimate of drug-likeness (QED) is 0.220. The fourth-order valence-corrected chi connectivity index (χ4v) is 5.88. The first-order valence-corrected chi connectivity index (χ1v) is 15.6. The number of hydrogen-bond acceptors (Lipinski definition) is 5. The molecule has 3 aromatic carbocycles. The Morgan fingerprint density at radius 2 is 1.83 bits per heavy atom. The van der Waals surface area contributed by atoms with E-state index in [1.54, 1.807) is 0 Å². The zero-order valence-corrected chi connectivity index (χ0v) is 25.0. The molecule has 0 aromatic heterocycles. The number of carboxylic acid groups (broad SMARTS) is 1. The number of carbonyl (C=O) groups excluding carboxylic acids is 1. The molecule has 0 saturated carbocycles. The van der Waals surface area contributed by atoms with Gasteiger partial charge < -0.3 is 15.2 Å². The van der Waals surface area contributed by atoms with E-state index in [1.165, 1.54) is 24.3 Å². The lowest BCUT2D eigenvalue weighted by Gasteiger charge is -2.25. The standard InChI is InChI=1S/C34H40N2O4S/c1-4-10-25-19-27(23-40-28-12-6-5-7-13-28)36(21-25)22-26-15-16-30(31(20-26)29-14-9-8-11-24(29)2)33(37)35-32(34(38)39)17-18-41-3/h5-9,11-17,20,25,27H,4,10,18-19,21-23H2,1-3H3,(H,35,37)(H,38,39)/b32-17+/t25-,27+/m1/s1. The van der Waals surface area contributed by atoms with Crippen LogP contribution in [0.3, 0.4) is 0 Å². The Kier molecular flexibility index (Phi) is 11.0. The molecule has 41 heavy (non-hydrogen) atoms. The number of para-hydroxylation sites is 1. The van der Waals surface area contributed by atoms with Crippen molar-refractivity contribution in [2.45, 2.75) is 45.7 Å². The Hall–Kier alpha value is -3.55. The van der Waals surface area contributed by atoms with Gasteiger partial charge >= 0.3 is 5.97 Å². The molecule has 0 spiro atoms. The molecule has 1 aliphatic heterocycles. The van der Waals surface area contributed by atoms with Crippen LogP contribution in [0.4, 0.5) is 0 Å². The lowest BCUT2D eigenvalue weighted by atomic mass is 9.93. The summed E-state index contributed by atoms with van der Waals surface area (Å²) in [6.07, 6.45) is 6.88. The first-order chi connectivity index (χ1) is 19.9. The summed E-state index contributed by atoms with van der Waals surface area (Å²) in [6, 6.07) is 24.1. The van der Waals surface area contributed by atoms with Crippen molar-refractivity contribution in [1.29, 1.82) is 0 Å². The number of amides is 1. The highest BCUT2D eigenvalue weighted by Gasteiger charge is 2.32. The van der Waals surface area contributed by atoms with Crippen molar-refractivity contribution in [1.82, 2.24) is 10.2 Å². The van der Waals surface area contributed by atoms with E-state index in [2.05, 4.69) is 23.2 Å². The third-order valence-electron chi connectivity index (χ3n) is 7.58. The van der Waals surface area contributed by atoms with Gasteiger partial charge in [0.15, 0.2) is 0 Å². The summed E-state index contributed by atoms with van der Waals surface area (Å²) < 4.78 is 6.18. The van der Waals surface area contributed by atoms with Crippen LogP contribution in [-0.4, -0.2) is 53.1 Å².